The van der Waals surface area contributed by atoms with Crippen LogP contribution in [0.2, 0.25) is 0 Å². The molecule has 4 rings (SSSR count). The van der Waals surface area contributed by atoms with Gasteiger partial charge in [-0.25, -0.2) is 19.2 Å². The summed E-state index contributed by atoms with van der Waals surface area (Å²) in [5, 5.41) is 0. The highest BCUT2D eigenvalue weighted by atomic mass is 19.1. The molecule has 1 amide bonds. The Morgan fingerprint density at radius 3 is 2.56 bits per heavy atom. The Kier molecular flexibility index (Phi) is 6.04. The van der Waals surface area contributed by atoms with Crippen molar-refractivity contribution in [3.63, 3.8) is 0 Å². The number of fused-ring (bicyclic) bond motifs is 1. The molecule has 5 nitrogen and oxygen atoms in total. The molecule has 0 fully saturated rings. The third-order valence-corrected chi connectivity index (χ3v) is 5.09. The summed E-state index contributed by atoms with van der Waals surface area (Å²) in [6.45, 7) is 6.42. The fourth-order valence-corrected chi connectivity index (χ4v) is 3.50. The number of halogens is 1. The maximum Gasteiger partial charge on any atom is 0.410 e. The average Bonchev–Trinajstić information content (AvgIpc) is 2.76. The van der Waals surface area contributed by atoms with Crippen molar-refractivity contribution in [1.82, 2.24) is 14.9 Å². The van der Waals surface area contributed by atoms with Crippen LogP contribution in [-0.2, 0) is 17.7 Å². The van der Waals surface area contributed by atoms with E-state index < -0.39 is 5.60 Å². The summed E-state index contributed by atoms with van der Waals surface area (Å²) in [4.78, 5) is 22.9. The van der Waals surface area contributed by atoms with E-state index >= 15 is 0 Å². The van der Waals surface area contributed by atoms with Gasteiger partial charge in [0, 0.05) is 24.7 Å². The van der Waals surface area contributed by atoms with Gasteiger partial charge in [-0.1, -0.05) is 48.6 Å². The zero-order chi connectivity index (χ0) is 22.7. The molecule has 0 bridgehead atoms. The van der Waals surface area contributed by atoms with Gasteiger partial charge in [-0.2, -0.15) is 0 Å². The van der Waals surface area contributed by atoms with Gasteiger partial charge in [-0.3, -0.25) is 0 Å². The smallest absolute Gasteiger partial charge is 0.410 e. The molecule has 164 valence electrons. The summed E-state index contributed by atoms with van der Waals surface area (Å²) in [7, 11) is 0. The Hall–Kier alpha value is -3.54. The molecule has 0 N–H and O–H groups in total. The van der Waals surface area contributed by atoms with E-state index in [0.29, 0.717) is 30.9 Å². The molecular formula is C26H26FN3O2. The fraction of sp³-hybridized carbons (Fsp3) is 0.269. The van der Waals surface area contributed by atoms with E-state index in [1.807, 2.05) is 69.3 Å². The van der Waals surface area contributed by atoms with Gasteiger partial charge >= 0.3 is 6.09 Å². The maximum absolute atomic E-state index is 14.8. The number of nitrogens with zero attached hydrogens (tertiary/aromatic N) is 3. The molecule has 2 aromatic carbocycles. The second kappa shape index (κ2) is 8.91. The van der Waals surface area contributed by atoms with E-state index in [1.165, 1.54) is 6.07 Å². The van der Waals surface area contributed by atoms with Crippen LogP contribution in [0.25, 0.3) is 23.5 Å². The minimum atomic E-state index is -0.544. The molecular weight excluding hydrogens is 405 g/mol. The van der Waals surface area contributed by atoms with Crippen LogP contribution in [0.4, 0.5) is 9.18 Å². The van der Waals surface area contributed by atoms with Gasteiger partial charge in [0.2, 0.25) is 0 Å². The Balaban J connectivity index is 1.50. The van der Waals surface area contributed by atoms with Crippen LogP contribution in [-0.4, -0.2) is 33.1 Å². The van der Waals surface area contributed by atoms with Crippen LogP contribution in [0.15, 0.2) is 54.7 Å². The highest BCUT2D eigenvalue weighted by molar-refractivity contribution is 5.71. The molecule has 2 heterocycles. The highest BCUT2D eigenvalue weighted by Gasteiger charge is 2.27. The van der Waals surface area contributed by atoms with Crippen LogP contribution in [0, 0.1) is 5.82 Å². The van der Waals surface area contributed by atoms with Crippen molar-refractivity contribution in [2.45, 2.75) is 39.3 Å². The number of rotatable bonds is 3. The number of amides is 1. The Bertz CT molecular complexity index is 1150. The first-order valence-electron chi connectivity index (χ1n) is 10.6. The van der Waals surface area contributed by atoms with E-state index in [9.17, 15) is 9.18 Å². The Morgan fingerprint density at radius 2 is 1.84 bits per heavy atom. The molecule has 6 heteroatoms. The van der Waals surface area contributed by atoms with Crippen molar-refractivity contribution in [2.24, 2.45) is 0 Å². The second-order valence-corrected chi connectivity index (χ2v) is 8.80. The number of ether oxygens (including phenoxy) is 1. The second-order valence-electron chi connectivity index (χ2n) is 8.80. The Labute approximate surface area is 187 Å². The lowest BCUT2D eigenvalue weighted by molar-refractivity contribution is 0.0222. The number of carbonyl (C=O) groups excluding carboxylic acids is 1. The van der Waals surface area contributed by atoms with Crippen molar-refractivity contribution in [2.75, 3.05) is 6.54 Å². The monoisotopic (exact) mass is 431 g/mol. The van der Waals surface area contributed by atoms with Gasteiger partial charge in [0.1, 0.15) is 11.4 Å². The summed E-state index contributed by atoms with van der Waals surface area (Å²) in [5.74, 6) is -0.0168. The largest absolute Gasteiger partial charge is 0.444 e. The molecule has 0 aliphatic carbocycles. The molecule has 1 aromatic heterocycles. The van der Waals surface area contributed by atoms with Gasteiger partial charge in [-0.15, -0.1) is 0 Å². The molecule has 0 unspecified atom stereocenters. The van der Waals surface area contributed by atoms with Gasteiger partial charge in [-0.05, 0) is 44.0 Å². The first kappa shape index (κ1) is 21.7. The third-order valence-electron chi connectivity index (χ3n) is 5.09. The van der Waals surface area contributed by atoms with Crippen LogP contribution in [0.5, 0.6) is 0 Å². The van der Waals surface area contributed by atoms with Gasteiger partial charge in [0.15, 0.2) is 5.82 Å². The predicted octanol–water partition coefficient (Wildman–Crippen LogP) is 5.75. The quantitative estimate of drug-likeness (QED) is 0.496. The summed E-state index contributed by atoms with van der Waals surface area (Å²) in [6, 6.07) is 14.9. The average molecular weight is 432 g/mol. The van der Waals surface area contributed by atoms with E-state index in [1.54, 1.807) is 17.2 Å². The molecule has 32 heavy (non-hydrogen) atoms. The summed E-state index contributed by atoms with van der Waals surface area (Å²) in [6.07, 6.45) is 5.72. The molecule has 1 aliphatic rings. The van der Waals surface area contributed by atoms with E-state index in [-0.39, 0.29) is 11.9 Å². The first-order valence-corrected chi connectivity index (χ1v) is 10.6. The molecule has 1 aliphatic heterocycles. The Morgan fingerprint density at radius 1 is 1.09 bits per heavy atom. The molecule has 0 atom stereocenters. The fourth-order valence-electron chi connectivity index (χ4n) is 3.50. The lowest BCUT2D eigenvalue weighted by atomic mass is 10.1. The number of hydrogen-bond acceptors (Lipinski definition) is 4. The SMILES string of the molecule is CC(C)(C)OC(=O)N1CCc2nc(-c3ccc(/C=C/c4ccccc4)cc3F)ncc2C1. The normalized spacial score (nSPS) is 13.8. The molecule has 0 radical (unpaired) electrons. The van der Waals surface area contributed by atoms with Crippen molar-refractivity contribution in [1.29, 1.82) is 0 Å². The predicted molar refractivity (Wildman–Crippen MR) is 123 cm³/mol. The van der Waals surface area contributed by atoms with E-state index in [0.717, 1.165) is 22.4 Å². The highest BCUT2D eigenvalue weighted by Crippen LogP contribution is 2.25. The maximum atomic E-state index is 14.8. The summed E-state index contributed by atoms with van der Waals surface area (Å²) >= 11 is 0. The number of aromatic nitrogens is 2. The van der Waals surface area contributed by atoms with Gasteiger partial charge in [0.25, 0.3) is 0 Å². The van der Waals surface area contributed by atoms with Crippen molar-refractivity contribution < 1.29 is 13.9 Å². The first-order chi connectivity index (χ1) is 15.3. The van der Waals surface area contributed by atoms with Crippen molar-refractivity contribution in [3.05, 3.63) is 82.9 Å². The summed E-state index contributed by atoms with van der Waals surface area (Å²) < 4.78 is 20.3. The third kappa shape index (κ3) is 5.19. The molecule has 0 saturated carbocycles. The van der Waals surface area contributed by atoms with Crippen molar-refractivity contribution >= 4 is 18.2 Å². The van der Waals surface area contributed by atoms with Crippen LogP contribution in [0.1, 0.15) is 43.2 Å². The molecule has 3 aromatic rings. The zero-order valence-corrected chi connectivity index (χ0v) is 18.5. The molecule has 0 saturated heterocycles. The van der Waals surface area contributed by atoms with Gasteiger partial charge in [0.05, 0.1) is 17.8 Å². The minimum absolute atomic E-state index is 0.350. The lowest BCUT2D eigenvalue weighted by Crippen LogP contribution is -2.40. The van der Waals surface area contributed by atoms with E-state index in [4.69, 9.17) is 4.74 Å². The number of benzene rings is 2. The summed E-state index contributed by atoms with van der Waals surface area (Å²) in [5.41, 5.74) is 3.32. The number of carbonyl (C=O) groups is 1. The number of hydrogen-bond donors (Lipinski definition) is 0. The van der Waals surface area contributed by atoms with Crippen LogP contribution < -0.4 is 0 Å². The van der Waals surface area contributed by atoms with Crippen LogP contribution in [0.3, 0.4) is 0 Å². The standard InChI is InChI=1S/C26H26FN3O2/c1-26(2,3)32-25(31)30-14-13-23-20(17-30)16-28-24(29-23)21-12-11-19(15-22(21)27)10-9-18-7-5-4-6-8-18/h4-12,15-16H,13-14,17H2,1-3H3/b10-9+. The van der Waals surface area contributed by atoms with Crippen molar-refractivity contribution in [3.8, 4) is 11.4 Å². The lowest BCUT2D eigenvalue weighted by Gasteiger charge is -2.30. The minimum Gasteiger partial charge on any atom is -0.444 e. The molecule has 0 spiro atoms. The van der Waals surface area contributed by atoms with E-state index in [2.05, 4.69) is 9.97 Å². The van der Waals surface area contributed by atoms with Crippen LogP contribution >= 0.6 is 0 Å². The topological polar surface area (TPSA) is 55.3 Å². The van der Waals surface area contributed by atoms with Gasteiger partial charge < -0.3 is 9.64 Å². The zero-order valence-electron chi connectivity index (χ0n) is 18.5.